The zero-order valence-electron chi connectivity index (χ0n) is 13.2. The number of amides is 1. The van der Waals surface area contributed by atoms with Crippen LogP contribution in [0.4, 0.5) is 5.69 Å². The summed E-state index contributed by atoms with van der Waals surface area (Å²) >= 11 is 0. The quantitative estimate of drug-likeness (QED) is 0.771. The number of nitrogens with one attached hydrogen (secondary N) is 1. The molecule has 0 bridgehead atoms. The third-order valence-electron chi connectivity index (χ3n) is 3.25. The van der Waals surface area contributed by atoms with Crippen LogP contribution in [0.3, 0.4) is 0 Å². The van der Waals surface area contributed by atoms with E-state index in [4.69, 9.17) is 15.2 Å². The van der Waals surface area contributed by atoms with E-state index < -0.39 is 11.5 Å². The second-order valence-corrected chi connectivity index (χ2v) is 5.25. The molecule has 3 N–H and O–H groups in total. The van der Waals surface area contributed by atoms with Crippen LogP contribution in [0.5, 0.6) is 0 Å². The second kappa shape index (κ2) is 8.73. The number of halogens is 1. The maximum Gasteiger partial charge on any atom is 0.315 e. The number of ether oxygens (including phenoxy) is 2. The SMILES string of the molecule is COCC(N)C(=O)Nc1ccc(C(C)(C)C(=O)OC)cc1.Cl. The van der Waals surface area contributed by atoms with Crippen LogP contribution in [0.15, 0.2) is 24.3 Å². The summed E-state index contributed by atoms with van der Waals surface area (Å²) in [4.78, 5) is 23.5. The Bertz CT molecular complexity index is 503. The summed E-state index contributed by atoms with van der Waals surface area (Å²) in [5.41, 5.74) is 6.29. The molecule has 1 amide bonds. The molecule has 7 heteroatoms. The predicted octanol–water partition coefficient (Wildman–Crippen LogP) is 1.47. The molecule has 22 heavy (non-hydrogen) atoms. The minimum Gasteiger partial charge on any atom is -0.468 e. The van der Waals surface area contributed by atoms with Gasteiger partial charge >= 0.3 is 5.97 Å². The fourth-order valence-electron chi connectivity index (χ4n) is 1.83. The van der Waals surface area contributed by atoms with Crippen LogP contribution in [0.1, 0.15) is 19.4 Å². The van der Waals surface area contributed by atoms with E-state index in [9.17, 15) is 9.59 Å². The highest BCUT2D eigenvalue weighted by Gasteiger charge is 2.30. The summed E-state index contributed by atoms with van der Waals surface area (Å²) in [5.74, 6) is -0.641. The molecule has 1 rings (SSSR count). The lowest BCUT2D eigenvalue weighted by Gasteiger charge is -2.22. The first-order valence-electron chi connectivity index (χ1n) is 6.57. The van der Waals surface area contributed by atoms with Crippen molar-refractivity contribution in [3.63, 3.8) is 0 Å². The number of benzene rings is 1. The normalized spacial score (nSPS) is 12.0. The molecule has 0 spiro atoms. The van der Waals surface area contributed by atoms with Gasteiger partial charge in [-0.3, -0.25) is 9.59 Å². The Morgan fingerprint density at radius 3 is 2.23 bits per heavy atom. The van der Waals surface area contributed by atoms with Gasteiger partial charge in [-0.05, 0) is 31.5 Å². The zero-order chi connectivity index (χ0) is 16.0. The van der Waals surface area contributed by atoms with Crippen LogP contribution < -0.4 is 11.1 Å². The molecule has 0 aliphatic carbocycles. The summed E-state index contributed by atoms with van der Waals surface area (Å²) in [6.45, 7) is 3.71. The van der Waals surface area contributed by atoms with Crippen LogP contribution in [-0.2, 0) is 24.5 Å². The lowest BCUT2D eigenvalue weighted by atomic mass is 9.85. The van der Waals surface area contributed by atoms with E-state index in [1.165, 1.54) is 14.2 Å². The second-order valence-electron chi connectivity index (χ2n) is 5.25. The Balaban J connectivity index is 0.00000441. The monoisotopic (exact) mass is 330 g/mol. The van der Waals surface area contributed by atoms with Crippen molar-refractivity contribution in [3.8, 4) is 0 Å². The molecular weight excluding hydrogens is 308 g/mol. The lowest BCUT2D eigenvalue weighted by Crippen LogP contribution is -2.39. The fourth-order valence-corrected chi connectivity index (χ4v) is 1.83. The van der Waals surface area contributed by atoms with Crippen LogP contribution in [0.2, 0.25) is 0 Å². The minimum absolute atomic E-state index is 0. The number of rotatable bonds is 6. The van der Waals surface area contributed by atoms with E-state index in [1.54, 1.807) is 38.1 Å². The summed E-state index contributed by atoms with van der Waals surface area (Å²) in [6, 6.07) is 6.26. The number of hydrogen-bond donors (Lipinski definition) is 2. The van der Waals surface area contributed by atoms with Crippen molar-refractivity contribution in [1.82, 2.24) is 0 Å². The lowest BCUT2D eigenvalue weighted by molar-refractivity contribution is -0.146. The Labute approximate surface area is 136 Å². The molecule has 1 unspecified atom stereocenters. The third kappa shape index (κ3) is 4.98. The van der Waals surface area contributed by atoms with Gasteiger partial charge in [-0.15, -0.1) is 12.4 Å². The van der Waals surface area contributed by atoms with Crippen LogP contribution in [0.25, 0.3) is 0 Å². The fraction of sp³-hybridized carbons (Fsp3) is 0.467. The molecule has 6 nitrogen and oxygen atoms in total. The average Bonchev–Trinajstić information content (AvgIpc) is 2.47. The minimum atomic E-state index is -0.746. The molecule has 0 aromatic heterocycles. The van der Waals surface area contributed by atoms with Gasteiger partial charge in [0.2, 0.25) is 5.91 Å². The molecule has 0 saturated carbocycles. The first-order valence-corrected chi connectivity index (χ1v) is 6.57. The zero-order valence-corrected chi connectivity index (χ0v) is 14.0. The van der Waals surface area contributed by atoms with Crippen LogP contribution in [-0.4, -0.2) is 38.7 Å². The summed E-state index contributed by atoms with van der Waals surface area (Å²) in [5, 5.41) is 2.69. The van der Waals surface area contributed by atoms with E-state index >= 15 is 0 Å². The van der Waals surface area contributed by atoms with E-state index in [1.807, 2.05) is 0 Å². The van der Waals surface area contributed by atoms with Crippen molar-refractivity contribution in [2.24, 2.45) is 5.73 Å². The van der Waals surface area contributed by atoms with Gasteiger partial charge in [0.1, 0.15) is 6.04 Å². The van der Waals surface area contributed by atoms with Gasteiger partial charge in [-0.25, -0.2) is 0 Å². The number of hydrogen-bond acceptors (Lipinski definition) is 5. The summed E-state index contributed by atoms with van der Waals surface area (Å²) in [7, 11) is 2.84. The number of carbonyl (C=O) groups excluding carboxylic acids is 2. The molecule has 1 aromatic carbocycles. The van der Waals surface area contributed by atoms with Crippen molar-refractivity contribution in [3.05, 3.63) is 29.8 Å². The first kappa shape index (κ1) is 20.4. The highest BCUT2D eigenvalue weighted by molar-refractivity contribution is 5.94. The Hall–Kier alpha value is -1.63. The van der Waals surface area contributed by atoms with Gasteiger partial charge in [-0.2, -0.15) is 0 Å². The standard InChI is InChI=1S/C15H22N2O4.ClH/c1-15(2,14(19)21-4)10-5-7-11(8-6-10)17-13(18)12(16)9-20-3;/h5-8,12H,9,16H2,1-4H3,(H,17,18);1H. The largest absolute Gasteiger partial charge is 0.468 e. The number of anilines is 1. The number of methoxy groups -OCH3 is 2. The average molecular weight is 331 g/mol. The predicted molar refractivity (Wildman–Crippen MR) is 87.2 cm³/mol. The molecule has 0 saturated heterocycles. The maximum atomic E-state index is 11.7. The van der Waals surface area contributed by atoms with Crippen LogP contribution >= 0.6 is 12.4 Å². The molecular formula is C15H23ClN2O4. The first-order chi connectivity index (χ1) is 9.82. The maximum absolute atomic E-state index is 11.7. The summed E-state index contributed by atoms with van der Waals surface area (Å²) in [6.07, 6.45) is 0. The van der Waals surface area contributed by atoms with E-state index in [-0.39, 0.29) is 30.9 Å². The smallest absolute Gasteiger partial charge is 0.315 e. The van der Waals surface area contributed by atoms with Crippen molar-refractivity contribution >= 4 is 30.0 Å². The van der Waals surface area contributed by atoms with Crippen molar-refractivity contribution in [1.29, 1.82) is 0 Å². The number of esters is 1. The van der Waals surface area contributed by atoms with E-state index in [0.717, 1.165) is 5.56 Å². The summed E-state index contributed by atoms with van der Waals surface area (Å²) < 4.78 is 9.61. The van der Waals surface area contributed by atoms with Gasteiger partial charge < -0.3 is 20.5 Å². The van der Waals surface area contributed by atoms with Gasteiger partial charge in [0, 0.05) is 12.8 Å². The van der Waals surface area contributed by atoms with Crippen molar-refractivity contribution in [2.45, 2.75) is 25.3 Å². The number of nitrogens with two attached hydrogens (primary N) is 1. The number of carbonyl (C=O) groups is 2. The molecule has 0 heterocycles. The van der Waals surface area contributed by atoms with Gasteiger partial charge in [0.15, 0.2) is 0 Å². The van der Waals surface area contributed by atoms with Gasteiger partial charge in [0.25, 0.3) is 0 Å². The highest BCUT2D eigenvalue weighted by atomic mass is 35.5. The third-order valence-corrected chi connectivity index (χ3v) is 3.25. The molecule has 0 aliphatic rings. The van der Waals surface area contributed by atoms with Crippen LogP contribution in [0, 0.1) is 0 Å². The molecule has 0 radical (unpaired) electrons. The molecule has 124 valence electrons. The molecule has 1 aromatic rings. The highest BCUT2D eigenvalue weighted by Crippen LogP contribution is 2.25. The van der Waals surface area contributed by atoms with Gasteiger partial charge in [-0.1, -0.05) is 12.1 Å². The molecule has 0 aliphatic heterocycles. The Kier molecular flexibility index (Phi) is 8.08. The topological polar surface area (TPSA) is 90.6 Å². The van der Waals surface area contributed by atoms with E-state index in [0.29, 0.717) is 5.69 Å². The molecule has 0 fully saturated rings. The van der Waals surface area contributed by atoms with Crippen molar-refractivity contribution in [2.75, 3.05) is 26.1 Å². The van der Waals surface area contributed by atoms with E-state index in [2.05, 4.69) is 5.32 Å². The van der Waals surface area contributed by atoms with Gasteiger partial charge in [0.05, 0.1) is 19.1 Å². The Morgan fingerprint density at radius 1 is 1.23 bits per heavy atom. The molecule has 1 atom stereocenters. The van der Waals surface area contributed by atoms with Crippen molar-refractivity contribution < 1.29 is 19.1 Å². The Morgan fingerprint density at radius 2 is 1.77 bits per heavy atom.